The summed E-state index contributed by atoms with van der Waals surface area (Å²) in [6.45, 7) is 1.33. The van der Waals surface area contributed by atoms with Crippen molar-refractivity contribution in [3.8, 4) is 0 Å². The smallest absolute Gasteiger partial charge is 0.275 e. The molecule has 1 atom stereocenters. The van der Waals surface area contributed by atoms with Gasteiger partial charge in [0.2, 0.25) is 0 Å². The summed E-state index contributed by atoms with van der Waals surface area (Å²) < 4.78 is 12.8. The van der Waals surface area contributed by atoms with Crippen LogP contribution in [0.1, 0.15) is 11.1 Å². The Labute approximate surface area is 145 Å². The maximum atomic E-state index is 12.8. The number of rotatable bonds is 6. The Morgan fingerprint density at radius 1 is 1.17 bits per heavy atom. The van der Waals surface area contributed by atoms with E-state index in [-0.39, 0.29) is 11.7 Å². The molecule has 0 spiro atoms. The zero-order valence-corrected chi connectivity index (χ0v) is 14.2. The fourth-order valence-electron chi connectivity index (χ4n) is 2.19. The number of nitrogens with one attached hydrogen (secondary N) is 2. The van der Waals surface area contributed by atoms with Gasteiger partial charge in [0.05, 0.1) is 12.1 Å². The zero-order valence-electron chi connectivity index (χ0n) is 12.7. The number of halogens is 3. The van der Waals surface area contributed by atoms with E-state index in [1.54, 1.807) is 24.3 Å². The number of quaternary nitrogens is 1. The number of hydrogen-bond donors (Lipinski definition) is 2. The number of benzene rings is 2. The molecule has 2 rings (SSSR count). The number of amides is 1. The lowest BCUT2D eigenvalue weighted by atomic mass is 10.2. The first-order chi connectivity index (χ1) is 10.9. The lowest BCUT2D eigenvalue weighted by Gasteiger charge is -2.15. The summed E-state index contributed by atoms with van der Waals surface area (Å²) in [7, 11) is 1.92. The SMILES string of the molecule is C[NH+](CC(=O)NCc1ccc(F)cc1)Cc1ccc(Cl)cc1Cl. The number of carbonyl (C=O) groups is 1. The molecule has 0 aliphatic carbocycles. The predicted molar refractivity (Wildman–Crippen MR) is 90.2 cm³/mol. The van der Waals surface area contributed by atoms with Crippen molar-refractivity contribution in [1.82, 2.24) is 5.32 Å². The molecule has 0 bridgehead atoms. The summed E-state index contributed by atoms with van der Waals surface area (Å²) in [4.78, 5) is 13.0. The van der Waals surface area contributed by atoms with Crippen LogP contribution in [-0.2, 0) is 17.9 Å². The van der Waals surface area contributed by atoms with Gasteiger partial charge >= 0.3 is 0 Å². The monoisotopic (exact) mass is 355 g/mol. The minimum atomic E-state index is -0.288. The maximum Gasteiger partial charge on any atom is 0.275 e. The molecule has 6 heteroatoms. The molecule has 0 fully saturated rings. The predicted octanol–water partition coefficient (Wildman–Crippen LogP) is 2.46. The quantitative estimate of drug-likeness (QED) is 0.819. The topological polar surface area (TPSA) is 33.5 Å². The van der Waals surface area contributed by atoms with E-state index in [2.05, 4.69) is 5.32 Å². The molecular formula is C17H18Cl2FN2O+. The molecule has 2 N–H and O–H groups in total. The van der Waals surface area contributed by atoms with Gasteiger partial charge in [-0.2, -0.15) is 0 Å². The Morgan fingerprint density at radius 2 is 1.87 bits per heavy atom. The van der Waals surface area contributed by atoms with Gasteiger partial charge in [-0.1, -0.05) is 41.4 Å². The van der Waals surface area contributed by atoms with E-state index < -0.39 is 0 Å². The summed E-state index contributed by atoms with van der Waals surface area (Å²) in [5.41, 5.74) is 1.80. The summed E-state index contributed by atoms with van der Waals surface area (Å²) in [6, 6.07) is 11.4. The van der Waals surface area contributed by atoms with Gasteiger partial charge in [-0.05, 0) is 29.8 Å². The number of likely N-dealkylation sites (N-methyl/N-ethyl adjacent to an activating group) is 1. The van der Waals surface area contributed by atoms with E-state index in [1.165, 1.54) is 12.1 Å². The van der Waals surface area contributed by atoms with Crippen LogP contribution in [-0.4, -0.2) is 19.5 Å². The second kappa shape index (κ2) is 8.29. The second-order valence-electron chi connectivity index (χ2n) is 5.45. The van der Waals surface area contributed by atoms with Crippen molar-refractivity contribution >= 4 is 29.1 Å². The molecular weight excluding hydrogens is 338 g/mol. The first kappa shape index (κ1) is 17.7. The van der Waals surface area contributed by atoms with E-state index in [4.69, 9.17) is 23.2 Å². The highest BCUT2D eigenvalue weighted by Gasteiger charge is 2.12. The van der Waals surface area contributed by atoms with Gasteiger partial charge < -0.3 is 10.2 Å². The van der Waals surface area contributed by atoms with Crippen molar-refractivity contribution in [3.63, 3.8) is 0 Å². The Hall–Kier alpha value is -1.62. The normalized spacial score (nSPS) is 12.0. The molecule has 2 aromatic carbocycles. The van der Waals surface area contributed by atoms with Crippen LogP contribution in [0.3, 0.4) is 0 Å². The summed E-state index contributed by atoms with van der Waals surface area (Å²) in [5.74, 6) is -0.360. The highest BCUT2D eigenvalue weighted by Crippen LogP contribution is 2.20. The van der Waals surface area contributed by atoms with Gasteiger partial charge in [0.25, 0.3) is 5.91 Å². The fraction of sp³-hybridized carbons (Fsp3) is 0.235. The van der Waals surface area contributed by atoms with E-state index >= 15 is 0 Å². The van der Waals surface area contributed by atoms with Crippen LogP contribution in [0.2, 0.25) is 10.0 Å². The van der Waals surface area contributed by atoms with E-state index in [1.807, 2.05) is 13.1 Å². The first-order valence-corrected chi connectivity index (χ1v) is 7.96. The van der Waals surface area contributed by atoms with Crippen LogP contribution in [0.5, 0.6) is 0 Å². The second-order valence-corrected chi connectivity index (χ2v) is 6.29. The lowest BCUT2D eigenvalue weighted by Crippen LogP contribution is -3.08. The van der Waals surface area contributed by atoms with Crippen molar-refractivity contribution in [2.45, 2.75) is 13.1 Å². The standard InChI is InChI=1S/C17H17Cl2FN2O/c1-22(10-13-4-5-14(18)8-16(13)19)11-17(23)21-9-12-2-6-15(20)7-3-12/h2-8H,9-11H2,1H3,(H,21,23)/p+1. The molecule has 0 saturated carbocycles. The van der Waals surface area contributed by atoms with Gasteiger partial charge in [0, 0.05) is 17.1 Å². The Balaban J connectivity index is 1.81. The first-order valence-electron chi connectivity index (χ1n) is 7.20. The Bertz CT molecular complexity index is 677. The lowest BCUT2D eigenvalue weighted by molar-refractivity contribution is -0.885. The van der Waals surface area contributed by atoms with Crippen molar-refractivity contribution < 1.29 is 14.1 Å². The molecule has 0 aliphatic heterocycles. The molecule has 0 saturated heterocycles. The van der Waals surface area contributed by atoms with Crippen LogP contribution in [0, 0.1) is 5.82 Å². The molecule has 1 unspecified atom stereocenters. The summed E-state index contributed by atoms with van der Waals surface area (Å²) >= 11 is 12.0. The largest absolute Gasteiger partial charge is 0.347 e. The number of carbonyl (C=O) groups excluding carboxylic acids is 1. The molecule has 0 heterocycles. The molecule has 0 aliphatic rings. The van der Waals surface area contributed by atoms with Crippen molar-refractivity contribution in [2.24, 2.45) is 0 Å². The van der Waals surface area contributed by atoms with Crippen molar-refractivity contribution in [2.75, 3.05) is 13.6 Å². The Morgan fingerprint density at radius 3 is 2.52 bits per heavy atom. The molecule has 23 heavy (non-hydrogen) atoms. The fourth-order valence-corrected chi connectivity index (χ4v) is 2.67. The molecule has 0 aromatic heterocycles. The van der Waals surface area contributed by atoms with E-state index in [0.717, 1.165) is 16.0 Å². The van der Waals surface area contributed by atoms with Crippen molar-refractivity contribution in [3.05, 3.63) is 69.5 Å². The average Bonchev–Trinajstić information content (AvgIpc) is 2.49. The minimum absolute atomic E-state index is 0.0723. The van der Waals surface area contributed by atoms with E-state index in [9.17, 15) is 9.18 Å². The zero-order chi connectivity index (χ0) is 16.8. The van der Waals surface area contributed by atoms with Gasteiger partial charge in [0.15, 0.2) is 6.54 Å². The molecule has 122 valence electrons. The molecule has 1 amide bonds. The average molecular weight is 356 g/mol. The van der Waals surface area contributed by atoms with Gasteiger partial charge in [0.1, 0.15) is 12.4 Å². The van der Waals surface area contributed by atoms with Gasteiger partial charge in [-0.15, -0.1) is 0 Å². The third-order valence-electron chi connectivity index (χ3n) is 3.37. The molecule has 3 nitrogen and oxygen atoms in total. The van der Waals surface area contributed by atoms with E-state index in [0.29, 0.717) is 29.7 Å². The van der Waals surface area contributed by atoms with Crippen LogP contribution in [0.25, 0.3) is 0 Å². The van der Waals surface area contributed by atoms with Gasteiger partial charge in [-0.25, -0.2) is 4.39 Å². The Kier molecular flexibility index (Phi) is 6.39. The van der Waals surface area contributed by atoms with Crippen LogP contribution in [0.4, 0.5) is 4.39 Å². The molecule has 0 radical (unpaired) electrons. The maximum absolute atomic E-state index is 12.8. The molecule has 2 aromatic rings. The third-order valence-corrected chi connectivity index (χ3v) is 3.96. The third kappa shape index (κ3) is 5.82. The highest BCUT2D eigenvalue weighted by atomic mass is 35.5. The van der Waals surface area contributed by atoms with Crippen molar-refractivity contribution in [1.29, 1.82) is 0 Å². The van der Waals surface area contributed by atoms with Crippen LogP contribution < -0.4 is 10.2 Å². The minimum Gasteiger partial charge on any atom is -0.347 e. The number of hydrogen-bond acceptors (Lipinski definition) is 1. The van der Waals surface area contributed by atoms with Crippen LogP contribution in [0.15, 0.2) is 42.5 Å². The highest BCUT2D eigenvalue weighted by molar-refractivity contribution is 6.35. The summed E-state index contributed by atoms with van der Waals surface area (Å²) in [6.07, 6.45) is 0. The summed E-state index contributed by atoms with van der Waals surface area (Å²) in [5, 5.41) is 4.01. The van der Waals surface area contributed by atoms with Gasteiger partial charge in [-0.3, -0.25) is 4.79 Å². The van der Waals surface area contributed by atoms with Crippen LogP contribution >= 0.6 is 23.2 Å².